The molecule has 0 amide bonds. The standard InChI is InChI=1S/C8H11NO/c1-7(10)8-5-3-4-6-9(8)2/h3,6,8H,5H2,1-2H3. The molecule has 0 spiro atoms. The van der Waals surface area contributed by atoms with E-state index in [-0.39, 0.29) is 11.8 Å². The Labute approximate surface area is 60.8 Å². The van der Waals surface area contributed by atoms with E-state index in [0.717, 1.165) is 6.42 Å². The molecular weight excluding hydrogens is 126 g/mol. The molecule has 2 heteroatoms. The molecule has 0 aromatic heterocycles. The van der Waals surface area contributed by atoms with Crippen LogP contribution in [0.15, 0.2) is 18.0 Å². The van der Waals surface area contributed by atoms with Crippen molar-refractivity contribution in [3.05, 3.63) is 18.0 Å². The number of hydrogen-bond donors (Lipinski definition) is 0. The lowest BCUT2D eigenvalue weighted by Crippen LogP contribution is -2.33. The second-order valence-corrected chi connectivity index (χ2v) is 2.53. The van der Waals surface area contributed by atoms with Crippen LogP contribution in [0.4, 0.5) is 0 Å². The number of nitrogens with zero attached hydrogens (tertiary/aromatic N) is 1. The van der Waals surface area contributed by atoms with Crippen molar-refractivity contribution in [3.8, 4) is 0 Å². The third-order valence-electron chi connectivity index (χ3n) is 1.70. The number of likely N-dealkylation sites (N-methyl/N-ethyl adjacent to an activating group) is 1. The molecule has 1 rings (SSSR count). The van der Waals surface area contributed by atoms with Gasteiger partial charge in [0.05, 0.1) is 6.04 Å². The van der Waals surface area contributed by atoms with E-state index in [1.54, 1.807) is 13.1 Å². The zero-order valence-electron chi connectivity index (χ0n) is 6.29. The maximum atomic E-state index is 10.9. The molecule has 1 heterocycles. The van der Waals surface area contributed by atoms with Crippen LogP contribution in [0.3, 0.4) is 0 Å². The van der Waals surface area contributed by atoms with Crippen LogP contribution in [0.2, 0.25) is 0 Å². The first kappa shape index (κ1) is 7.10. The third kappa shape index (κ3) is 1.28. The molecule has 0 aliphatic carbocycles. The van der Waals surface area contributed by atoms with Crippen LogP contribution in [0, 0.1) is 0 Å². The summed E-state index contributed by atoms with van der Waals surface area (Å²) in [6.07, 6.45) is 4.49. The molecule has 0 aromatic rings. The topological polar surface area (TPSA) is 20.3 Å². The Bertz CT molecular complexity index is 201. The maximum Gasteiger partial charge on any atom is 0.152 e. The van der Waals surface area contributed by atoms with E-state index < -0.39 is 0 Å². The summed E-state index contributed by atoms with van der Waals surface area (Å²) in [7, 11) is 1.89. The molecule has 10 heavy (non-hydrogen) atoms. The molecule has 54 valence electrons. The highest BCUT2D eigenvalue weighted by Gasteiger charge is 2.16. The van der Waals surface area contributed by atoms with E-state index in [0.29, 0.717) is 0 Å². The number of rotatable bonds is 1. The van der Waals surface area contributed by atoms with Crippen molar-refractivity contribution in [2.45, 2.75) is 19.4 Å². The van der Waals surface area contributed by atoms with E-state index in [9.17, 15) is 4.79 Å². The summed E-state index contributed by atoms with van der Waals surface area (Å²) in [6, 6.07) is 0.0428. The fourth-order valence-corrected chi connectivity index (χ4v) is 1.06. The second kappa shape index (κ2) is 2.72. The molecule has 1 atom stereocenters. The van der Waals surface area contributed by atoms with Crippen molar-refractivity contribution in [2.75, 3.05) is 7.05 Å². The molecule has 2 nitrogen and oxygen atoms in total. The van der Waals surface area contributed by atoms with Crippen LogP contribution in [-0.2, 0) is 4.79 Å². The van der Waals surface area contributed by atoms with Crippen molar-refractivity contribution in [3.63, 3.8) is 0 Å². The highest BCUT2D eigenvalue weighted by molar-refractivity contribution is 5.81. The minimum absolute atomic E-state index is 0.0428. The Morgan fingerprint density at radius 3 is 2.90 bits per heavy atom. The number of carbonyl (C=O) groups is 1. The summed E-state index contributed by atoms with van der Waals surface area (Å²) in [6.45, 7) is 1.62. The second-order valence-electron chi connectivity index (χ2n) is 2.53. The van der Waals surface area contributed by atoms with Crippen molar-refractivity contribution >= 4 is 5.78 Å². The molecular formula is C8H11NO. The fourth-order valence-electron chi connectivity index (χ4n) is 1.06. The molecule has 1 aliphatic heterocycles. The Morgan fingerprint density at radius 1 is 1.80 bits per heavy atom. The minimum Gasteiger partial charge on any atom is -0.364 e. The van der Waals surface area contributed by atoms with Crippen LogP contribution in [0.1, 0.15) is 13.3 Å². The van der Waals surface area contributed by atoms with Gasteiger partial charge in [0.1, 0.15) is 0 Å². The average Bonchev–Trinajstić information content (AvgIpc) is 1.88. The molecule has 0 fully saturated rings. The molecule has 1 aliphatic rings. The Morgan fingerprint density at radius 2 is 2.50 bits per heavy atom. The first-order valence-corrected chi connectivity index (χ1v) is 3.35. The molecule has 1 unspecified atom stereocenters. The van der Waals surface area contributed by atoms with Gasteiger partial charge in [-0.1, -0.05) is 0 Å². The smallest absolute Gasteiger partial charge is 0.152 e. The number of carbonyl (C=O) groups excluding carboxylic acids is 1. The Hall–Kier alpha value is -1.01. The fraction of sp³-hybridized carbons (Fsp3) is 0.500. The maximum absolute atomic E-state index is 10.9. The van der Waals surface area contributed by atoms with Gasteiger partial charge in [-0.05, 0) is 13.0 Å². The quantitative estimate of drug-likeness (QED) is 0.501. The van der Waals surface area contributed by atoms with E-state index in [1.807, 2.05) is 18.0 Å². The monoisotopic (exact) mass is 137 g/mol. The van der Waals surface area contributed by atoms with Crippen molar-refractivity contribution in [1.29, 1.82) is 0 Å². The number of hydrogen-bond acceptors (Lipinski definition) is 2. The molecule has 0 aromatic carbocycles. The van der Waals surface area contributed by atoms with Crippen molar-refractivity contribution in [2.24, 2.45) is 0 Å². The lowest BCUT2D eigenvalue weighted by Gasteiger charge is -2.24. The minimum atomic E-state index is 0.0428. The molecule has 0 saturated carbocycles. The van der Waals surface area contributed by atoms with Crippen LogP contribution in [0.25, 0.3) is 0 Å². The van der Waals surface area contributed by atoms with Gasteiger partial charge in [-0.15, -0.1) is 5.73 Å². The third-order valence-corrected chi connectivity index (χ3v) is 1.70. The summed E-state index contributed by atoms with van der Waals surface area (Å²) in [5, 5.41) is 0. The lowest BCUT2D eigenvalue weighted by molar-refractivity contribution is -0.120. The van der Waals surface area contributed by atoms with Crippen LogP contribution in [0.5, 0.6) is 0 Å². The molecule has 0 N–H and O–H groups in total. The largest absolute Gasteiger partial charge is 0.364 e. The SMILES string of the molecule is CC(=O)C1CC=C=CN1C. The highest BCUT2D eigenvalue weighted by Crippen LogP contribution is 2.07. The van der Waals surface area contributed by atoms with E-state index in [1.165, 1.54) is 0 Å². The van der Waals surface area contributed by atoms with E-state index in [2.05, 4.69) is 5.73 Å². The van der Waals surface area contributed by atoms with Gasteiger partial charge >= 0.3 is 0 Å². The Balaban J connectivity index is 2.68. The van der Waals surface area contributed by atoms with Gasteiger partial charge in [-0.25, -0.2) is 0 Å². The van der Waals surface area contributed by atoms with E-state index in [4.69, 9.17) is 0 Å². The Kier molecular flexibility index (Phi) is 1.93. The molecule has 0 saturated heterocycles. The zero-order chi connectivity index (χ0) is 7.56. The summed E-state index contributed by atoms with van der Waals surface area (Å²) < 4.78 is 0. The summed E-state index contributed by atoms with van der Waals surface area (Å²) in [5.74, 6) is 0.219. The van der Waals surface area contributed by atoms with Gasteiger partial charge in [0, 0.05) is 19.7 Å². The highest BCUT2D eigenvalue weighted by atomic mass is 16.1. The molecule has 0 radical (unpaired) electrons. The average molecular weight is 137 g/mol. The van der Waals surface area contributed by atoms with Crippen molar-refractivity contribution in [1.82, 2.24) is 4.90 Å². The first-order chi connectivity index (χ1) is 4.72. The normalized spacial score (nSPS) is 23.4. The predicted octanol–water partition coefficient (Wildman–Crippen LogP) is 0.948. The van der Waals surface area contributed by atoms with E-state index >= 15 is 0 Å². The van der Waals surface area contributed by atoms with Gasteiger partial charge in [-0.2, -0.15) is 0 Å². The molecule has 0 bridgehead atoms. The summed E-state index contributed by atoms with van der Waals surface area (Å²) >= 11 is 0. The van der Waals surface area contributed by atoms with Gasteiger partial charge in [0.25, 0.3) is 0 Å². The zero-order valence-corrected chi connectivity index (χ0v) is 6.29. The van der Waals surface area contributed by atoms with Crippen molar-refractivity contribution < 1.29 is 4.79 Å². The van der Waals surface area contributed by atoms with Crippen LogP contribution < -0.4 is 0 Å². The summed E-state index contributed by atoms with van der Waals surface area (Å²) in [4.78, 5) is 12.8. The van der Waals surface area contributed by atoms with Gasteiger partial charge in [0.15, 0.2) is 5.78 Å². The number of ketones is 1. The predicted molar refractivity (Wildman–Crippen MR) is 39.5 cm³/mol. The van der Waals surface area contributed by atoms with Gasteiger partial charge < -0.3 is 4.90 Å². The lowest BCUT2D eigenvalue weighted by atomic mass is 10.1. The van der Waals surface area contributed by atoms with Crippen LogP contribution >= 0.6 is 0 Å². The summed E-state index contributed by atoms with van der Waals surface area (Å²) in [5.41, 5.74) is 2.94. The number of Topliss-reactive ketones (excluding diaryl/α,β-unsaturated/α-hetero) is 1. The van der Waals surface area contributed by atoms with Gasteiger partial charge in [-0.3, -0.25) is 4.79 Å². The first-order valence-electron chi connectivity index (χ1n) is 3.35. The van der Waals surface area contributed by atoms with Crippen LogP contribution in [-0.4, -0.2) is 23.8 Å². The van der Waals surface area contributed by atoms with Gasteiger partial charge in [0.2, 0.25) is 0 Å².